The minimum Gasteiger partial charge on any atom is -0.507 e. The van der Waals surface area contributed by atoms with Crippen molar-refractivity contribution in [3.8, 4) is 17.2 Å². The molecule has 2 aromatic carbocycles. The van der Waals surface area contributed by atoms with Gasteiger partial charge in [0.2, 0.25) is 34.8 Å². The second kappa shape index (κ2) is 12.4. The van der Waals surface area contributed by atoms with E-state index in [1.165, 1.54) is 28.3 Å². The molecule has 16 heteroatoms. The number of carbonyl (C=O) groups excluding carboxylic acids is 4. The van der Waals surface area contributed by atoms with E-state index in [0.29, 0.717) is 6.08 Å². The average Bonchev–Trinajstić information content (AvgIpc) is 3.06. The maximum atomic E-state index is 14.2. The molecule has 5 rings (SSSR count). The zero-order valence-corrected chi connectivity index (χ0v) is 27.3. The standard InChI is InChI=1S/C32H36O16/c1-11-17-13(9-14(18(11)29(39)45-7)48-30-25(44-6)24(43-5)23(42-4)12(2)47-30)21(34)19-20(22(17)35)28(38)32(46-8)16(33)10-15(41-3)26(36)31(32,40)27(19)37/h9-10,12,23-26,30,34-36,40H,1-8H3/t12-,23-,24+,25+,26+,30-,31-,32-/m0/s1. The molecule has 1 fully saturated rings. The first-order chi connectivity index (χ1) is 22.7. The molecule has 16 nitrogen and oxygen atoms in total. The third-order valence-electron chi connectivity index (χ3n) is 9.42. The van der Waals surface area contributed by atoms with Gasteiger partial charge in [-0.1, -0.05) is 0 Å². The fourth-order valence-electron chi connectivity index (χ4n) is 7.05. The van der Waals surface area contributed by atoms with Crippen LogP contribution in [0.3, 0.4) is 0 Å². The topological polar surface area (TPSA) is 223 Å². The van der Waals surface area contributed by atoms with E-state index < -0.39 is 99.7 Å². The second-order valence-electron chi connectivity index (χ2n) is 11.5. The molecule has 260 valence electrons. The van der Waals surface area contributed by atoms with Crippen LogP contribution in [0.25, 0.3) is 10.8 Å². The average molecular weight is 677 g/mol. The van der Waals surface area contributed by atoms with Gasteiger partial charge in [0.05, 0.1) is 31.5 Å². The van der Waals surface area contributed by atoms with Crippen molar-refractivity contribution in [1.29, 1.82) is 0 Å². The van der Waals surface area contributed by atoms with Crippen molar-refractivity contribution >= 4 is 34.1 Å². The molecule has 1 saturated heterocycles. The number of esters is 1. The van der Waals surface area contributed by atoms with Crippen LogP contribution in [0.1, 0.15) is 43.6 Å². The summed E-state index contributed by atoms with van der Waals surface area (Å²) in [5, 5.41) is 45.5. The number of ether oxygens (including phenoxy) is 8. The summed E-state index contributed by atoms with van der Waals surface area (Å²) in [7, 11) is 7.29. The number of hydrogen-bond acceptors (Lipinski definition) is 16. The molecule has 0 bridgehead atoms. The molecular formula is C32H36O16. The van der Waals surface area contributed by atoms with E-state index in [0.717, 1.165) is 27.4 Å². The second-order valence-corrected chi connectivity index (χ2v) is 11.5. The van der Waals surface area contributed by atoms with Crippen molar-refractivity contribution in [2.45, 2.75) is 61.9 Å². The Morgan fingerprint density at radius 3 is 2.04 bits per heavy atom. The number of methoxy groups -OCH3 is 6. The Hall–Kier alpha value is -4.16. The fraction of sp³-hybridized carbons (Fsp3) is 0.500. The van der Waals surface area contributed by atoms with E-state index in [-0.39, 0.29) is 27.6 Å². The third-order valence-corrected chi connectivity index (χ3v) is 9.42. The number of aliphatic hydroxyl groups excluding tert-OH is 1. The highest BCUT2D eigenvalue weighted by molar-refractivity contribution is 6.36. The van der Waals surface area contributed by atoms with Gasteiger partial charge in [-0.05, 0) is 25.5 Å². The van der Waals surface area contributed by atoms with Gasteiger partial charge in [-0.3, -0.25) is 14.4 Å². The molecule has 2 aliphatic carbocycles. The number of phenols is 2. The van der Waals surface area contributed by atoms with Crippen LogP contribution in [0.15, 0.2) is 17.9 Å². The van der Waals surface area contributed by atoms with Crippen molar-refractivity contribution in [3.63, 3.8) is 0 Å². The van der Waals surface area contributed by atoms with Gasteiger partial charge in [-0.15, -0.1) is 0 Å². The largest absolute Gasteiger partial charge is 0.507 e. The van der Waals surface area contributed by atoms with E-state index in [1.54, 1.807) is 6.92 Å². The van der Waals surface area contributed by atoms with Crippen molar-refractivity contribution in [2.75, 3.05) is 42.7 Å². The zero-order chi connectivity index (χ0) is 35.6. The zero-order valence-electron chi connectivity index (χ0n) is 27.3. The Labute approximate surface area is 273 Å². The quantitative estimate of drug-likeness (QED) is 0.170. The lowest BCUT2D eigenvalue weighted by Gasteiger charge is -2.49. The van der Waals surface area contributed by atoms with Crippen LogP contribution >= 0.6 is 0 Å². The number of ketones is 3. The summed E-state index contributed by atoms with van der Waals surface area (Å²) in [6.45, 7) is 3.05. The first kappa shape index (κ1) is 35.2. The predicted molar refractivity (Wildman–Crippen MR) is 160 cm³/mol. The number of phenolic OH excluding ortho intramolecular Hbond substituents is 2. The molecule has 1 heterocycles. The lowest BCUT2D eigenvalue weighted by Crippen LogP contribution is -2.77. The van der Waals surface area contributed by atoms with E-state index in [4.69, 9.17) is 37.9 Å². The van der Waals surface area contributed by atoms with Gasteiger partial charge in [0, 0.05) is 45.3 Å². The molecule has 0 unspecified atom stereocenters. The van der Waals surface area contributed by atoms with E-state index in [9.17, 15) is 39.6 Å². The van der Waals surface area contributed by atoms with Crippen LogP contribution in [-0.4, -0.2) is 134 Å². The highest BCUT2D eigenvalue weighted by atomic mass is 16.7. The van der Waals surface area contributed by atoms with Gasteiger partial charge < -0.3 is 58.3 Å². The molecule has 48 heavy (non-hydrogen) atoms. The fourth-order valence-corrected chi connectivity index (χ4v) is 7.05. The van der Waals surface area contributed by atoms with Gasteiger partial charge in [0.15, 0.2) is 6.10 Å². The van der Waals surface area contributed by atoms with Crippen LogP contribution in [0.5, 0.6) is 17.2 Å². The normalized spacial score (nSPS) is 31.6. The lowest BCUT2D eigenvalue weighted by molar-refractivity contribution is -0.282. The molecule has 1 aliphatic heterocycles. The molecule has 0 spiro atoms. The highest BCUT2D eigenvalue weighted by Gasteiger charge is 2.75. The molecular weight excluding hydrogens is 640 g/mol. The number of hydrogen-bond donors (Lipinski definition) is 4. The summed E-state index contributed by atoms with van der Waals surface area (Å²) in [6.07, 6.45) is -5.69. The van der Waals surface area contributed by atoms with Crippen LogP contribution in [0.2, 0.25) is 0 Å². The smallest absolute Gasteiger partial charge is 0.341 e. The van der Waals surface area contributed by atoms with E-state index in [2.05, 4.69) is 0 Å². The third kappa shape index (κ3) is 4.41. The molecule has 0 aromatic heterocycles. The molecule has 8 atom stereocenters. The Balaban J connectivity index is 1.80. The number of carbonyl (C=O) groups is 4. The Bertz CT molecular complexity index is 1750. The number of rotatable bonds is 8. The van der Waals surface area contributed by atoms with Crippen LogP contribution in [0, 0.1) is 6.92 Å². The number of aliphatic hydroxyl groups is 2. The summed E-state index contributed by atoms with van der Waals surface area (Å²) in [4.78, 5) is 54.9. The summed E-state index contributed by atoms with van der Waals surface area (Å²) >= 11 is 0. The van der Waals surface area contributed by atoms with E-state index >= 15 is 0 Å². The first-order valence-electron chi connectivity index (χ1n) is 14.6. The van der Waals surface area contributed by atoms with Crippen LogP contribution in [-0.2, 0) is 38.0 Å². The molecule has 4 N–H and O–H groups in total. The number of aryl methyl sites for hydroxylation is 1. The van der Waals surface area contributed by atoms with E-state index in [1.807, 2.05) is 0 Å². The predicted octanol–water partition coefficient (Wildman–Crippen LogP) is 0.484. The summed E-state index contributed by atoms with van der Waals surface area (Å²) in [5.41, 5.74) is -8.59. The van der Waals surface area contributed by atoms with Gasteiger partial charge in [0.1, 0.15) is 46.9 Å². The highest BCUT2D eigenvalue weighted by Crippen LogP contribution is 2.54. The Morgan fingerprint density at radius 1 is 0.896 bits per heavy atom. The summed E-state index contributed by atoms with van der Waals surface area (Å²) in [5.74, 6) is -7.92. The first-order valence-corrected chi connectivity index (χ1v) is 14.6. The summed E-state index contributed by atoms with van der Waals surface area (Å²) in [6, 6.07) is 1.10. The minimum atomic E-state index is -3.34. The number of Topliss-reactive ketones (excluding diaryl/α,β-unsaturated/α-hetero) is 2. The number of aromatic hydroxyl groups is 2. The van der Waals surface area contributed by atoms with Crippen LogP contribution < -0.4 is 4.74 Å². The molecule has 2 aromatic rings. The Morgan fingerprint density at radius 2 is 1.50 bits per heavy atom. The monoisotopic (exact) mass is 676 g/mol. The number of fused-ring (bicyclic) bond motifs is 3. The van der Waals surface area contributed by atoms with Crippen molar-refractivity contribution in [2.24, 2.45) is 0 Å². The van der Waals surface area contributed by atoms with Crippen LogP contribution in [0.4, 0.5) is 0 Å². The van der Waals surface area contributed by atoms with Crippen molar-refractivity contribution < 1.29 is 77.5 Å². The summed E-state index contributed by atoms with van der Waals surface area (Å²) < 4.78 is 44.1. The maximum Gasteiger partial charge on any atom is 0.341 e. The van der Waals surface area contributed by atoms with Gasteiger partial charge in [-0.2, -0.15) is 0 Å². The van der Waals surface area contributed by atoms with Gasteiger partial charge in [-0.25, -0.2) is 4.79 Å². The molecule has 0 saturated carbocycles. The van der Waals surface area contributed by atoms with Gasteiger partial charge >= 0.3 is 5.97 Å². The minimum absolute atomic E-state index is 0.0787. The van der Waals surface area contributed by atoms with Crippen molar-refractivity contribution in [3.05, 3.63) is 40.2 Å². The van der Waals surface area contributed by atoms with Gasteiger partial charge in [0.25, 0.3) is 0 Å². The Kier molecular flexibility index (Phi) is 9.07. The lowest BCUT2D eigenvalue weighted by atomic mass is 9.60. The number of benzene rings is 2. The molecule has 0 radical (unpaired) electrons. The maximum absolute atomic E-state index is 14.2. The SMILES string of the molecule is COC(=O)c1c(O[C@@H]2O[C@@H](C)[C@H](OC)[C@@H](OC)[C@H]2OC)cc2c(O)c3c(c(O)c2c1C)C(=O)[C@@]1(OC)C(=O)C=C(OC)[C@@H](O)[C@]1(O)C3=O. The molecule has 3 aliphatic rings. The van der Waals surface area contributed by atoms with Crippen molar-refractivity contribution in [1.82, 2.24) is 0 Å². The molecule has 0 amide bonds.